The fourth-order valence-electron chi connectivity index (χ4n) is 3.76. The summed E-state index contributed by atoms with van der Waals surface area (Å²) >= 11 is 0. The number of methoxy groups -OCH3 is 2. The van der Waals surface area contributed by atoms with Gasteiger partial charge in [0.05, 0.1) is 37.4 Å². The maximum Gasteiger partial charge on any atom is 0.355 e. The molecule has 174 valence electrons. The van der Waals surface area contributed by atoms with E-state index >= 15 is 0 Å². The Hall–Kier alpha value is -4.40. The molecule has 9 heteroatoms. The van der Waals surface area contributed by atoms with Crippen molar-refractivity contribution in [2.75, 3.05) is 19.1 Å². The lowest BCUT2D eigenvalue weighted by Crippen LogP contribution is -2.26. The lowest BCUT2D eigenvalue weighted by atomic mass is 10.1. The lowest BCUT2D eigenvalue weighted by Gasteiger charge is -2.23. The molecule has 0 N–H and O–H groups in total. The second kappa shape index (κ2) is 9.62. The number of rotatable bonds is 6. The first-order valence-electron chi connectivity index (χ1n) is 10.7. The lowest BCUT2D eigenvalue weighted by molar-refractivity contribution is -0.139. The van der Waals surface area contributed by atoms with Gasteiger partial charge in [0.1, 0.15) is 5.70 Å². The number of allylic oxidation sites excluding steroid dienone is 2. The Bertz CT molecular complexity index is 1310. The van der Waals surface area contributed by atoms with Crippen molar-refractivity contribution in [2.24, 2.45) is 0 Å². The number of carbonyl (C=O) groups excluding carboxylic acids is 2. The van der Waals surface area contributed by atoms with Crippen LogP contribution < -0.4 is 4.90 Å². The molecular formula is C25H25N5O4. The zero-order valence-corrected chi connectivity index (χ0v) is 19.4. The number of esters is 2. The average Bonchev–Trinajstić information content (AvgIpc) is 3.43. The van der Waals surface area contributed by atoms with Crippen LogP contribution in [0.4, 0.5) is 5.69 Å². The number of benzene rings is 1. The van der Waals surface area contributed by atoms with Gasteiger partial charge >= 0.3 is 11.9 Å². The Balaban J connectivity index is 1.67. The summed E-state index contributed by atoms with van der Waals surface area (Å²) in [5.74, 6) is -1.28. The van der Waals surface area contributed by atoms with Gasteiger partial charge in [-0.25, -0.2) is 14.3 Å². The van der Waals surface area contributed by atoms with Gasteiger partial charge < -0.3 is 14.4 Å². The monoisotopic (exact) mass is 459 g/mol. The van der Waals surface area contributed by atoms with Crippen LogP contribution >= 0.6 is 0 Å². The number of hydrogen-bond acceptors (Lipinski definition) is 7. The summed E-state index contributed by atoms with van der Waals surface area (Å²) in [5, 5.41) is 9.09. The van der Waals surface area contributed by atoms with Crippen LogP contribution in [0.5, 0.6) is 0 Å². The highest BCUT2D eigenvalue weighted by Crippen LogP contribution is 2.28. The molecule has 0 saturated carbocycles. The quantitative estimate of drug-likeness (QED) is 0.521. The van der Waals surface area contributed by atoms with Gasteiger partial charge in [0.25, 0.3) is 0 Å². The molecule has 1 aliphatic heterocycles. The van der Waals surface area contributed by atoms with E-state index in [0.717, 1.165) is 29.2 Å². The van der Waals surface area contributed by atoms with Gasteiger partial charge in [0.15, 0.2) is 0 Å². The van der Waals surface area contributed by atoms with E-state index in [1.165, 1.54) is 20.3 Å². The van der Waals surface area contributed by atoms with Gasteiger partial charge in [0, 0.05) is 35.9 Å². The van der Waals surface area contributed by atoms with Crippen LogP contribution in [-0.2, 0) is 25.6 Å². The second-order valence-corrected chi connectivity index (χ2v) is 7.44. The van der Waals surface area contributed by atoms with E-state index in [2.05, 4.69) is 12.0 Å². The minimum atomic E-state index is -0.652. The van der Waals surface area contributed by atoms with E-state index in [1.54, 1.807) is 27.9 Å². The SMILES string of the molecule is CCn1ncc(-c2ccn(-c3ccc(N4C=CC=CC(C(=O)OC)=C4C(=O)OC)cc3)n2)c1C. The summed E-state index contributed by atoms with van der Waals surface area (Å²) in [5.41, 5.74) is 4.56. The second-order valence-electron chi connectivity index (χ2n) is 7.44. The molecule has 0 unspecified atom stereocenters. The van der Waals surface area contributed by atoms with Crippen molar-refractivity contribution < 1.29 is 19.1 Å². The summed E-state index contributed by atoms with van der Waals surface area (Å²) < 4.78 is 13.5. The number of ether oxygens (including phenoxy) is 2. The molecule has 2 aromatic heterocycles. The third-order valence-corrected chi connectivity index (χ3v) is 5.55. The van der Waals surface area contributed by atoms with Crippen LogP contribution in [0.2, 0.25) is 0 Å². The third kappa shape index (κ3) is 4.15. The molecule has 0 bridgehead atoms. The summed E-state index contributed by atoms with van der Waals surface area (Å²) in [6, 6.07) is 9.39. The van der Waals surface area contributed by atoms with Gasteiger partial charge in [-0.2, -0.15) is 10.2 Å². The van der Waals surface area contributed by atoms with Crippen LogP contribution in [0, 0.1) is 6.92 Å². The van der Waals surface area contributed by atoms with Crippen molar-refractivity contribution in [1.29, 1.82) is 0 Å². The number of nitrogens with zero attached hydrogens (tertiary/aromatic N) is 5. The first-order valence-corrected chi connectivity index (χ1v) is 10.7. The predicted octanol–water partition coefficient (Wildman–Crippen LogP) is 3.55. The largest absolute Gasteiger partial charge is 0.465 e. The van der Waals surface area contributed by atoms with E-state index in [4.69, 9.17) is 14.6 Å². The average molecular weight is 460 g/mol. The Labute approximate surface area is 197 Å². The molecule has 0 spiro atoms. The zero-order chi connectivity index (χ0) is 24.2. The predicted molar refractivity (Wildman–Crippen MR) is 127 cm³/mol. The minimum absolute atomic E-state index is 0.0666. The van der Waals surface area contributed by atoms with Crippen LogP contribution in [0.1, 0.15) is 12.6 Å². The first-order chi connectivity index (χ1) is 16.5. The van der Waals surface area contributed by atoms with Gasteiger partial charge in [-0.15, -0.1) is 0 Å². The summed E-state index contributed by atoms with van der Waals surface area (Å²) in [7, 11) is 2.54. The molecule has 0 fully saturated rings. The fraction of sp³-hybridized carbons (Fsp3) is 0.200. The third-order valence-electron chi connectivity index (χ3n) is 5.55. The highest BCUT2D eigenvalue weighted by Gasteiger charge is 2.27. The van der Waals surface area contributed by atoms with Gasteiger partial charge in [-0.3, -0.25) is 4.68 Å². The van der Waals surface area contributed by atoms with Gasteiger partial charge in [-0.05, 0) is 56.3 Å². The van der Waals surface area contributed by atoms with Crippen LogP contribution in [0.15, 0.2) is 78.4 Å². The molecule has 34 heavy (non-hydrogen) atoms. The highest BCUT2D eigenvalue weighted by molar-refractivity contribution is 6.05. The number of hydrogen-bond donors (Lipinski definition) is 0. The molecule has 3 heterocycles. The van der Waals surface area contributed by atoms with E-state index < -0.39 is 11.9 Å². The van der Waals surface area contributed by atoms with Crippen LogP contribution in [0.3, 0.4) is 0 Å². The molecule has 0 aliphatic carbocycles. The molecule has 4 rings (SSSR count). The van der Waals surface area contributed by atoms with Crippen molar-refractivity contribution in [2.45, 2.75) is 20.4 Å². The molecular weight excluding hydrogens is 434 g/mol. The summed E-state index contributed by atoms with van der Waals surface area (Å²) in [6.07, 6.45) is 10.3. The molecule has 9 nitrogen and oxygen atoms in total. The maximum atomic E-state index is 12.6. The molecule has 1 aliphatic rings. The van der Waals surface area contributed by atoms with Crippen molar-refractivity contribution in [1.82, 2.24) is 19.6 Å². The summed E-state index contributed by atoms with van der Waals surface area (Å²) in [4.78, 5) is 26.5. The van der Waals surface area contributed by atoms with Crippen LogP contribution in [0.25, 0.3) is 16.9 Å². The number of aryl methyl sites for hydroxylation is 1. The van der Waals surface area contributed by atoms with E-state index in [-0.39, 0.29) is 11.3 Å². The fourth-order valence-corrected chi connectivity index (χ4v) is 3.76. The minimum Gasteiger partial charge on any atom is -0.465 e. The topological polar surface area (TPSA) is 91.5 Å². The van der Waals surface area contributed by atoms with Gasteiger partial charge in [0.2, 0.25) is 0 Å². The number of aromatic nitrogens is 4. The first kappa shape index (κ1) is 22.8. The molecule has 0 atom stereocenters. The zero-order valence-electron chi connectivity index (χ0n) is 19.4. The smallest absolute Gasteiger partial charge is 0.355 e. The molecule has 1 aromatic carbocycles. The maximum absolute atomic E-state index is 12.6. The summed E-state index contributed by atoms with van der Waals surface area (Å²) in [6.45, 7) is 4.88. The highest BCUT2D eigenvalue weighted by atomic mass is 16.5. The molecule has 0 radical (unpaired) electrons. The van der Waals surface area contributed by atoms with Crippen molar-refractivity contribution in [3.63, 3.8) is 0 Å². The van der Waals surface area contributed by atoms with Crippen molar-refractivity contribution in [3.05, 3.63) is 84.1 Å². The van der Waals surface area contributed by atoms with Crippen LogP contribution in [-0.4, -0.2) is 45.7 Å². The van der Waals surface area contributed by atoms with Gasteiger partial charge in [-0.1, -0.05) is 6.08 Å². The number of carbonyl (C=O) groups is 2. The van der Waals surface area contributed by atoms with E-state index in [1.807, 2.05) is 54.3 Å². The standard InChI is InChI=1S/C25H25N5O4/c1-5-29-17(2)21(16-26-29)22-13-15-30(27-22)19-11-9-18(10-12-19)28-14-7-6-8-20(24(31)33-3)23(28)25(32)34-4/h6-16H,5H2,1-4H3. The van der Waals surface area contributed by atoms with E-state index in [9.17, 15) is 9.59 Å². The molecule has 0 amide bonds. The molecule has 0 saturated heterocycles. The Kier molecular flexibility index (Phi) is 6.44. The number of anilines is 1. The van der Waals surface area contributed by atoms with Crippen molar-refractivity contribution >= 4 is 17.6 Å². The van der Waals surface area contributed by atoms with E-state index in [0.29, 0.717) is 5.69 Å². The Morgan fingerprint density at radius 3 is 2.32 bits per heavy atom. The Morgan fingerprint density at radius 1 is 0.971 bits per heavy atom. The van der Waals surface area contributed by atoms with Crippen molar-refractivity contribution in [3.8, 4) is 16.9 Å². The molecule has 3 aromatic rings. The normalized spacial score (nSPS) is 13.2. The Morgan fingerprint density at radius 2 is 1.68 bits per heavy atom.